The number of carbonyl (C=O) groups is 2. The van der Waals surface area contributed by atoms with Crippen LogP contribution in [0.4, 0.5) is 0 Å². The van der Waals surface area contributed by atoms with Gasteiger partial charge in [-0.15, -0.1) is 0 Å². The number of nitrogens with one attached hydrogen (secondary N) is 1. The highest BCUT2D eigenvalue weighted by Crippen LogP contribution is 2.26. The molecule has 3 rings (SSSR count). The molecule has 2 heterocycles. The first-order chi connectivity index (χ1) is 9.61. The number of aromatic nitrogens is 1. The van der Waals surface area contributed by atoms with E-state index in [-0.39, 0.29) is 17.9 Å². The molecule has 0 saturated carbocycles. The molecule has 0 bridgehead atoms. The van der Waals surface area contributed by atoms with Gasteiger partial charge in [-0.05, 0) is 18.6 Å². The minimum Gasteiger partial charge on any atom is -0.295 e. The molecule has 0 aliphatic carbocycles. The predicted molar refractivity (Wildman–Crippen MR) is 72.2 cm³/mol. The Hall–Kier alpha value is -2.46. The predicted octanol–water partition coefficient (Wildman–Crippen LogP) is 0.912. The molecule has 100 valence electrons. The molecular formula is C13H9N3O3S. The second kappa shape index (κ2) is 4.58. The molecule has 0 radical (unpaired) electrons. The lowest BCUT2D eigenvalue weighted by molar-refractivity contribution is -0.135. The van der Waals surface area contributed by atoms with Crippen LogP contribution in [0.1, 0.15) is 24.4 Å². The maximum atomic E-state index is 12.3. The van der Waals surface area contributed by atoms with Gasteiger partial charge in [0.05, 0.1) is 15.6 Å². The number of nitrogens with zero attached hydrogens (tertiary/aromatic N) is 2. The van der Waals surface area contributed by atoms with Gasteiger partial charge in [-0.2, -0.15) is 5.26 Å². The molecule has 1 aliphatic rings. The van der Waals surface area contributed by atoms with E-state index in [4.69, 9.17) is 5.26 Å². The van der Waals surface area contributed by atoms with Crippen LogP contribution in [0.3, 0.4) is 0 Å². The fraction of sp³-hybridized carbons (Fsp3) is 0.231. The topological polar surface area (TPSA) is 92.0 Å². The van der Waals surface area contributed by atoms with Crippen LogP contribution in [0.2, 0.25) is 0 Å². The van der Waals surface area contributed by atoms with Crippen molar-refractivity contribution in [1.82, 2.24) is 9.27 Å². The quantitative estimate of drug-likeness (QED) is 0.789. The molecule has 2 amide bonds. The summed E-state index contributed by atoms with van der Waals surface area (Å²) in [6, 6.07) is 6.27. The number of hydrogen-bond donors (Lipinski definition) is 1. The Balaban J connectivity index is 2.16. The van der Waals surface area contributed by atoms with Gasteiger partial charge in [0.2, 0.25) is 5.91 Å². The van der Waals surface area contributed by atoms with Crippen molar-refractivity contribution in [2.45, 2.75) is 18.9 Å². The van der Waals surface area contributed by atoms with Crippen molar-refractivity contribution >= 4 is 33.4 Å². The second-order valence-corrected chi connectivity index (χ2v) is 5.47. The lowest BCUT2D eigenvalue weighted by Crippen LogP contribution is -2.43. The largest absolute Gasteiger partial charge is 0.295 e. The van der Waals surface area contributed by atoms with Crippen LogP contribution in [-0.4, -0.2) is 15.8 Å². The van der Waals surface area contributed by atoms with Gasteiger partial charge in [-0.25, -0.2) is 0 Å². The third kappa shape index (κ3) is 1.82. The van der Waals surface area contributed by atoms with E-state index in [9.17, 15) is 14.4 Å². The Labute approximate surface area is 117 Å². The van der Waals surface area contributed by atoms with Crippen molar-refractivity contribution in [1.29, 1.82) is 5.26 Å². The molecule has 1 aliphatic heterocycles. The first-order valence-electron chi connectivity index (χ1n) is 6.00. The van der Waals surface area contributed by atoms with Gasteiger partial charge in [0, 0.05) is 6.42 Å². The van der Waals surface area contributed by atoms with Crippen LogP contribution in [0, 0.1) is 11.3 Å². The number of benzene rings is 1. The van der Waals surface area contributed by atoms with Gasteiger partial charge >= 0.3 is 0 Å². The first kappa shape index (κ1) is 12.6. The van der Waals surface area contributed by atoms with Crippen LogP contribution >= 0.6 is 11.5 Å². The van der Waals surface area contributed by atoms with E-state index in [0.717, 1.165) is 11.5 Å². The van der Waals surface area contributed by atoms with Crippen LogP contribution in [0.15, 0.2) is 23.0 Å². The Morgan fingerprint density at radius 2 is 2.15 bits per heavy atom. The van der Waals surface area contributed by atoms with Crippen LogP contribution in [0.5, 0.6) is 0 Å². The molecule has 1 atom stereocenters. The molecule has 1 aromatic heterocycles. The molecule has 20 heavy (non-hydrogen) atoms. The molecule has 1 saturated heterocycles. The molecule has 1 fully saturated rings. The van der Waals surface area contributed by atoms with E-state index >= 15 is 0 Å². The number of fused-ring (bicyclic) bond motifs is 1. The monoisotopic (exact) mass is 287 g/mol. The Bertz CT molecular complexity index is 827. The minimum absolute atomic E-state index is 0.211. The van der Waals surface area contributed by atoms with Gasteiger partial charge in [-0.3, -0.25) is 23.7 Å². The Morgan fingerprint density at radius 3 is 2.85 bits per heavy atom. The fourth-order valence-corrected chi connectivity index (χ4v) is 3.43. The van der Waals surface area contributed by atoms with Crippen molar-refractivity contribution in [3.8, 4) is 6.07 Å². The molecule has 0 spiro atoms. The van der Waals surface area contributed by atoms with Gasteiger partial charge in [0.15, 0.2) is 0 Å². The van der Waals surface area contributed by atoms with Gasteiger partial charge < -0.3 is 0 Å². The maximum Gasteiger partial charge on any atom is 0.269 e. The number of imide groups is 1. The Kier molecular flexibility index (Phi) is 2.88. The van der Waals surface area contributed by atoms with E-state index in [2.05, 4.69) is 5.32 Å². The number of nitriles is 1. The van der Waals surface area contributed by atoms with E-state index in [0.29, 0.717) is 22.1 Å². The molecule has 6 nitrogen and oxygen atoms in total. The van der Waals surface area contributed by atoms with Crippen molar-refractivity contribution < 1.29 is 9.59 Å². The number of piperidine rings is 1. The number of amides is 2. The van der Waals surface area contributed by atoms with E-state index < -0.39 is 11.9 Å². The van der Waals surface area contributed by atoms with Crippen LogP contribution in [0.25, 0.3) is 10.1 Å². The molecule has 7 heteroatoms. The average molecular weight is 287 g/mol. The third-order valence-corrected chi connectivity index (χ3v) is 4.49. The smallest absolute Gasteiger partial charge is 0.269 e. The zero-order valence-electron chi connectivity index (χ0n) is 10.3. The average Bonchev–Trinajstić information content (AvgIpc) is 2.76. The van der Waals surface area contributed by atoms with E-state index in [1.807, 2.05) is 6.07 Å². The van der Waals surface area contributed by atoms with Crippen molar-refractivity contribution in [2.24, 2.45) is 0 Å². The maximum absolute atomic E-state index is 12.3. The SMILES string of the molecule is N#Cc1cccc2c(=O)n(C3CCC(=O)NC3=O)sc12. The lowest BCUT2D eigenvalue weighted by Gasteiger charge is -2.20. The molecule has 2 aromatic rings. The lowest BCUT2D eigenvalue weighted by atomic mass is 10.1. The summed E-state index contributed by atoms with van der Waals surface area (Å²) in [5.41, 5.74) is 0.118. The zero-order chi connectivity index (χ0) is 14.3. The molecular weight excluding hydrogens is 278 g/mol. The second-order valence-electron chi connectivity index (χ2n) is 4.48. The summed E-state index contributed by atoms with van der Waals surface area (Å²) < 4.78 is 1.93. The summed E-state index contributed by atoms with van der Waals surface area (Å²) >= 11 is 1.10. The van der Waals surface area contributed by atoms with Gasteiger partial charge in [0.1, 0.15) is 12.1 Å². The van der Waals surface area contributed by atoms with Crippen molar-refractivity contribution in [2.75, 3.05) is 0 Å². The normalized spacial score (nSPS) is 18.9. The summed E-state index contributed by atoms with van der Waals surface area (Å²) in [4.78, 5) is 35.3. The van der Waals surface area contributed by atoms with E-state index in [1.165, 1.54) is 3.96 Å². The third-order valence-electron chi connectivity index (χ3n) is 3.25. The highest BCUT2D eigenvalue weighted by molar-refractivity contribution is 7.14. The molecule has 1 N–H and O–H groups in total. The number of hydrogen-bond acceptors (Lipinski definition) is 5. The van der Waals surface area contributed by atoms with Crippen molar-refractivity contribution in [3.05, 3.63) is 34.1 Å². The van der Waals surface area contributed by atoms with Crippen molar-refractivity contribution in [3.63, 3.8) is 0 Å². The number of rotatable bonds is 1. The zero-order valence-corrected chi connectivity index (χ0v) is 11.1. The van der Waals surface area contributed by atoms with Gasteiger partial charge in [-0.1, -0.05) is 17.6 Å². The van der Waals surface area contributed by atoms with Gasteiger partial charge in [0.25, 0.3) is 11.5 Å². The van der Waals surface area contributed by atoms with Crippen LogP contribution < -0.4 is 10.9 Å². The molecule has 1 unspecified atom stereocenters. The summed E-state index contributed by atoms with van der Waals surface area (Å²) in [6.07, 6.45) is 0.515. The molecule has 1 aromatic carbocycles. The fourth-order valence-electron chi connectivity index (χ4n) is 2.26. The Morgan fingerprint density at radius 1 is 1.35 bits per heavy atom. The standard InChI is InChI=1S/C13H9N3O3S/c14-6-7-2-1-3-8-11(7)20-16(13(8)19)9-4-5-10(17)15-12(9)18/h1-3,9H,4-5H2,(H,15,17,18). The highest BCUT2D eigenvalue weighted by Gasteiger charge is 2.30. The minimum atomic E-state index is -0.677. The first-order valence-corrected chi connectivity index (χ1v) is 6.77. The van der Waals surface area contributed by atoms with E-state index in [1.54, 1.807) is 18.2 Å². The summed E-state index contributed by atoms with van der Waals surface area (Å²) in [7, 11) is 0. The van der Waals surface area contributed by atoms with Crippen LogP contribution in [-0.2, 0) is 9.59 Å². The summed E-state index contributed by atoms with van der Waals surface area (Å²) in [5, 5.41) is 11.7. The summed E-state index contributed by atoms with van der Waals surface area (Å²) in [6.45, 7) is 0. The number of carbonyl (C=O) groups excluding carboxylic acids is 2. The summed E-state index contributed by atoms with van der Waals surface area (Å²) in [5.74, 6) is -0.786. The highest BCUT2D eigenvalue weighted by atomic mass is 32.1.